The molecular weight excluding hydrogens is 246 g/mol. The van der Waals surface area contributed by atoms with E-state index in [-0.39, 0.29) is 5.75 Å². The van der Waals surface area contributed by atoms with Crippen molar-refractivity contribution in [3.63, 3.8) is 0 Å². The molecule has 0 aliphatic carbocycles. The molecule has 0 spiro atoms. The van der Waals surface area contributed by atoms with Gasteiger partial charge in [-0.05, 0) is 25.5 Å². The summed E-state index contributed by atoms with van der Waals surface area (Å²) in [5.41, 5.74) is -1.50. The summed E-state index contributed by atoms with van der Waals surface area (Å²) in [6, 6.07) is 1.83. The van der Waals surface area contributed by atoms with Crippen molar-refractivity contribution in [1.29, 1.82) is 0 Å². The third kappa shape index (κ3) is 3.16. The van der Waals surface area contributed by atoms with E-state index in [0.29, 0.717) is 5.56 Å². The van der Waals surface area contributed by atoms with E-state index in [1.54, 1.807) is 0 Å². The lowest BCUT2D eigenvalue weighted by Crippen LogP contribution is -2.42. The van der Waals surface area contributed by atoms with Crippen LogP contribution in [-0.2, 0) is 9.53 Å². The summed E-state index contributed by atoms with van der Waals surface area (Å²) >= 11 is 0. The third-order valence-electron chi connectivity index (χ3n) is 2.35. The lowest BCUT2D eigenvalue weighted by molar-refractivity contribution is -0.163. The molecule has 0 aliphatic heterocycles. The normalized spacial score (nSPS) is 13.9. The zero-order valence-electron chi connectivity index (χ0n) is 10.3. The molecule has 0 amide bonds. The second kappa shape index (κ2) is 5.30. The van der Waals surface area contributed by atoms with Gasteiger partial charge in [-0.2, -0.15) is 0 Å². The highest BCUT2D eigenvalue weighted by atomic mass is 19.2. The van der Waals surface area contributed by atoms with Gasteiger partial charge in [0.05, 0.1) is 7.11 Å². The van der Waals surface area contributed by atoms with Crippen molar-refractivity contribution in [2.24, 2.45) is 0 Å². The van der Waals surface area contributed by atoms with Crippen molar-refractivity contribution in [2.75, 3.05) is 13.7 Å². The number of ether oxygens (including phenoxy) is 2. The fraction of sp³-hybridized carbons (Fsp3) is 0.417. The molecular formula is C12H14F2O4. The molecule has 1 unspecified atom stereocenters. The van der Waals surface area contributed by atoms with Crippen LogP contribution in [0.3, 0.4) is 0 Å². The molecule has 18 heavy (non-hydrogen) atoms. The number of aliphatic hydroxyl groups is 1. The predicted octanol–water partition coefficient (Wildman–Crippen LogP) is 1.58. The van der Waals surface area contributed by atoms with Crippen LogP contribution in [0.2, 0.25) is 0 Å². The van der Waals surface area contributed by atoms with Gasteiger partial charge in [0.25, 0.3) is 0 Å². The maximum absolute atomic E-state index is 13.0. The number of esters is 1. The summed E-state index contributed by atoms with van der Waals surface area (Å²) < 4.78 is 35.3. The van der Waals surface area contributed by atoms with Gasteiger partial charge in [-0.25, -0.2) is 13.6 Å². The average molecular weight is 260 g/mol. The number of methoxy groups -OCH3 is 1. The largest absolute Gasteiger partial charge is 0.490 e. The van der Waals surface area contributed by atoms with Gasteiger partial charge in [-0.1, -0.05) is 0 Å². The van der Waals surface area contributed by atoms with Crippen LogP contribution in [0.4, 0.5) is 8.78 Å². The highest BCUT2D eigenvalue weighted by molar-refractivity contribution is 5.78. The Morgan fingerprint density at radius 3 is 2.50 bits per heavy atom. The summed E-state index contributed by atoms with van der Waals surface area (Å²) in [4.78, 5) is 11.2. The van der Waals surface area contributed by atoms with Gasteiger partial charge in [0.1, 0.15) is 12.4 Å². The first kappa shape index (κ1) is 14.4. The maximum Gasteiger partial charge on any atom is 0.341 e. The number of rotatable bonds is 4. The average Bonchev–Trinajstić information content (AvgIpc) is 2.31. The Balaban J connectivity index is 2.81. The molecule has 0 fully saturated rings. The number of aryl methyl sites for hydroxylation is 1. The van der Waals surface area contributed by atoms with E-state index in [9.17, 15) is 18.7 Å². The Labute approximate surface area is 103 Å². The lowest BCUT2D eigenvalue weighted by atomic mass is 10.1. The molecule has 0 bridgehead atoms. The quantitative estimate of drug-likeness (QED) is 0.835. The first-order valence-electron chi connectivity index (χ1n) is 5.17. The molecule has 100 valence electrons. The van der Waals surface area contributed by atoms with Gasteiger partial charge in [0.15, 0.2) is 17.2 Å². The smallest absolute Gasteiger partial charge is 0.341 e. The summed E-state index contributed by atoms with van der Waals surface area (Å²) in [5.74, 6) is -2.87. The Kier molecular flexibility index (Phi) is 4.24. The maximum atomic E-state index is 13.0. The Morgan fingerprint density at radius 2 is 1.94 bits per heavy atom. The van der Waals surface area contributed by atoms with E-state index < -0.39 is 29.8 Å². The van der Waals surface area contributed by atoms with Crippen molar-refractivity contribution < 1.29 is 28.2 Å². The molecule has 6 heteroatoms. The molecule has 1 N–H and O–H groups in total. The van der Waals surface area contributed by atoms with E-state index >= 15 is 0 Å². The van der Waals surface area contributed by atoms with Crippen LogP contribution in [-0.4, -0.2) is 30.4 Å². The van der Waals surface area contributed by atoms with Crippen LogP contribution in [0.5, 0.6) is 5.75 Å². The zero-order valence-corrected chi connectivity index (χ0v) is 10.3. The third-order valence-corrected chi connectivity index (χ3v) is 2.35. The Morgan fingerprint density at radius 1 is 1.39 bits per heavy atom. The molecule has 1 aromatic carbocycles. The number of carbonyl (C=O) groups is 1. The molecule has 0 heterocycles. The number of hydrogen-bond acceptors (Lipinski definition) is 4. The topological polar surface area (TPSA) is 55.8 Å². The van der Waals surface area contributed by atoms with E-state index in [4.69, 9.17) is 4.74 Å². The highest BCUT2D eigenvalue weighted by Crippen LogP contribution is 2.22. The fourth-order valence-electron chi connectivity index (χ4n) is 1.28. The van der Waals surface area contributed by atoms with E-state index in [1.807, 2.05) is 0 Å². The second-order valence-corrected chi connectivity index (χ2v) is 4.09. The number of carbonyl (C=O) groups excluding carboxylic acids is 1. The minimum Gasteiger partial charge on any atom is -0.490 e. The molecule has 0 aromatic heterocycles. The number of benzene rings is 1. The first-order chi connectivity index (χ1) is 8.27. The van der Waals surface area contributed by atoms with Gasteiger partial charge < -0.3 is 14.6 Å². The molecule has 0 saturated heterocycles. The van der Waals surface area contributed by atoms with Gasteiger partial charge in [-0.15, -0.1) is 0 Å². The monoisotopic (exact) mass is 260 g/mol. The van der Waals surface area contributed by atoms with Crippen LogP contribution in [0.1, 0.15) is 12.5 Å². The lowest BCUT2D eigenvalue weighted by Gasteiger charge is -2.21. The van der Waals surface area contributed by atoms with Gasteiger partial charge in [0.2, 0.25) is 0 Å². The fourth-order valence-corrected chi connectivity index (χ4v) is 1.28. The van der Waals surface area contributed by atoms with Crippen LogP contribution in [0.25, 0.3) is 0 Å². The Hall–Kier alpha value is -1.69. The van der Waals surface area contributed by atoms with Crippen molar-refractivity contribution >= 4 is 5.97 Å². The van der Waals surface area contributed by atoms with E-state index in [2.05, 4.69) is 4.74 Å². The number of hydrogen-bond donors (Lipinski definition) is 1. The summed E-state index contributed by atoms with van der Waals surface area (Å²) in [5, 5.41) is 9.69. The minimum absolute atomic E-state index is 0.0538. The van der Waals surface area contributed by atoms with Crippen LogP contribution >= 0.6 is 0 Å². The second-order valence-electron chi connectivity index (χ2n) is 4.09. The van der Waals surface area contributed by atoms with Crippen molar-refractivity contribution in [1.82, 2.24) is 0 Å². The molecule has 0 radical (unpaired) electrons. The molecule has 0 saturated carbocycles. The van der Waals surface area contributed by atoms with Crippen molar-refractivity contribution in [3.8, 4) is 5.75 Å². The molecule has 1 atom stereocenters. The van der Waals surface area contributed by atoms with Crippen molar-refractivity contribution in [3.05, 3.63) is 29.3 Å². The number of halogens is 2. The van der Waals surface area contributed by atoms with Gasteiger partial charge in [-0.3, -0.25) is 0 Å². The van der Waals surface area contributed by atoms with E-state index in [1.165, 1.54) is 13.8 Å². The van der Waals surface area contributed by atoms with Crippen LogP contribution in [0.15, 0.2) is 12.1 Å². The minimum atomic E-state index is -1.86. The van der Waals surface area contributed by atoms with Crippen molar-refractivity contribution in [2.45, 2.75) is 19.4 Å². The first-order valence-corrected chi connectivity index (χ1v) is 5.17. The molecule has 1 rings (SSSR count). The molecule has 1 aromatic rings. The van der Waals surface area contributed by atoms with Crippen LogP contribution < -0.4 is 4.74 Å². The highest BCUT2D eigenvalue weighted by Gasteiger charge is 2.32. The molecule has 0 aliphatic rings. The predicted molar refractivity (Wildman–Crippen MR) is 59.2 cm³/mol. The van der Waals surface area contributed by atoms with Gasteiger partial charge >= 0.3 is 5.97 Å². The van der Waals surface area contributed by atoms with E-state index in [0.717, 1.165) is 19.2 Å². The summed E-state index contributed by atoms with van der Waals surface area (Å²) in [6.45, 7) is 2.30. The zero-order chi connectivity index (χ0) is 13.9. The summed E-state index contributed by atoms with van der Waals surface area (Å²) in [6.07, 6.45) is 0. The standard InChI is InChI=1S/C12H14F2O4/c1-7-4-8(13)9(14)5-10(7)18-6-12(2,16)11(15)17-3/h4-5,16H,6H2,1-3H3. The molecule has 4 nitrogen and oxygen atoms in total. The van der Waals surface area contributed by atoms with Gasteiger partial charge in [0, 0.05) is 6.07 Å². The SMILES string of the molecule is COC(=O)C(C)(O)COc1cc(F)c(F)cc1C. The summed E-state index contributed by atoms with van der Waals surface area (Å²) in [7, 11) is 1.12. The van der Waals surface area contributed by atoms with Crippen LogP contribution in [0, 0.1) is 18.6 Å². The Bertz CT molecular complexity index is 458.